The van der Waals surface area contributed by atoms with Gasteiger partial charge in [0.1, 0.15) is 5.82 Å². The van der Waals surface area contributed by atoms with Gasteiger partial charge in [0, 0.05) is 59.2 Å². The Labute approximate surface area is 130 Å². The Morgan fingerprint density at radius 3 is 2.59 bits per heavy atom. The molecule has 0 aliphatic carbocycles. The lowest BCUT2D eigenvalue weighted by atomic mass is 10.3. The molecule has 0 radical (unpaired) electrons. The number of anilines is 2. The molecule has 1 aliphatic heterocycles. The van der Waals surface area contributed by atoms with Crippen molar-refractivity contribution in [2.24, 2.45) is 0 Å². The molecular formula is C14H22N8. The molecule has 2 aromatic heterocycles. The summed E-state index contributed by atoms with van der Waals surface area (Å²) in [6.07, 6.45) is 5.44. The van der Waals surface area contributed by atoms with Gasteiger partial charge in [-0.2, -0.15) is 4.98 Å². The SMILES string of the molecule is CN(C)c1ccnc(N2CCN(CCn3ccnn3)CC2)n1. The summed E-state index contributed by atoms with van der Waals surface area (Å²) in [5.41, 5.74) is 0. The van der Waals surface area contributed by atoms with E-state index in [0.29, 0.717) is 0 Å². The molecule has 0 atom stereocenters. The second-order valence-corrected chi connectivity index (χ2v) is 5.60. The van der Waals surface area contributed by atoms with Crippen molar-refractivity contribution in [2.45, 2.75) is 6.54 Å². The second kappa shape index (κ2) is 6.69. The highest BCUT2D eigenvalue weighted by Crippen LogP contribution is 2.14. The average molecular weight is 302 g/mol. The zero-order chi connectivity index (χ0) is 15.4. The van der Waals surface area contributed by atoms with E-state index < -0.39 is 0 Å². The molecule has 8 nitrogen and oxygen atoms in total. The summed E-state index contributed by atoms with van der Waals surface area (Å²) in [5, 5.41) is 7.82. The molecule has 0 aromatic carbocycles. The van der Waals surface area contributed by atoms with Crippen LogP contribution in [0.4, 0.5) is 11.8 Å². The van der Waals surface area contributed by atoms with Gasteiger partial charge >= 0.3 is 0 Å². The fraction of sp³-hybridized carbons (Fsp3) is 0.571. The summed E-state index contributed by atoms with van der Waals surface area (Å²) in [4.78, 5) is 15.7. The predicted octanol–water partition coefficient (Wildman–Crippen LogP) is -0.0437. The fourth-order valence-electron chi connectivity index (χ4n) is 2.51. The van der Waals surface area contributed by atoms with Crippen LogP contribution >= 0.6 is 0 Å². The van der Waals surface area contributed by atoms with Crippen LogP contribution in [-0.2, 0) is 6.54 Å². The van der Waals surface area contributed by atoms with Crippen molar-refractivity contribution in [3.63, 3.8) is 0 Å². The van der Waals surface area contributed by atoms with Gasteiger partial charge in [0.05, 0.1) is 12.7 Å². The van der Waals surface area contributed by atoms with Crippen molar-refractivity contribution in [3.05, 3.63) is 24.7 Å². The Kier molecular flexibility index (Phi) is 4.47. The number of hydrogen-bond acceptors (Lipinski definition) is 7. The van der Waals surface area contributed by atoms with Crippen LogP contribution in [0.25, 0.3) is 0 Å². The van der Waals surface area contributed by atoms with Gasteiger partial charge < -0.3 is 9.80 Å². The van der Waals surface area contributed by atoms with Crippen LogP contribution in [0, 0.1) is 0 Å². The zero-order valence-electron chi connectivity index (χ0n) is 13.1. The molecule has 1 aliphatic rings. The van der Waals surface area contributed by atoms with Crippen LogP contribution < -0.4 is 9.80 Å². The van der Waals surface area contributed by atoms with E-state index in [9.17, 15) is 0 Å². The number of aromatic nitrogens is 5. The topological polar surface area (TPSA) is 66.2 Å². The summed E-state index contributed by atoms with van der Waals surface area (Å²) in [6.45, 7) is 5.82. The van der Waals surface area contributed by atoms with Gasteiger partial charge in [-0.1, -0.05) is 5.21 Å². The Morgan fingerprint density at radius 1 is 1.09 bits per heavy atom. The normalized spacial score (nSPS) is 16.0. The Balaban J connectivity index is 1.52. The van der Waals surface area contributed by atoms with Gasteiger partial charge in [-0.25, -0.2) is 4.98 Å². The quantitative estimate of drug-likeness (QED) is 0.767. The minimum atomic E-state index is 0.821. The summed E-state index contributed by atoms with van der Waals surface area (Å²) in [7, 11) is 3.99. The van der Waals surface area contributed by atoms with Crippen LogP contribution in [-0.4, -0.2) is 76.7 Å². The minimum Gasteiger partial charge on any atom is -0.363 e. The first kappa shape index (κ1) is 14.7. The molecule has 3 heterocycles. The highest BCUT2D eigenvalue weighted by atomic mass is 15.4. The van der Waals surface area contributed by atoms with Crippen molar-refractivity contribution in [2.75, 3.05) is 56.6 Å². The van der Waals surface area contributed by atoms with Gasteiger partial charge in [-0.3, -0.25) is 9.58 Å². The van der Waals surface area contributed by atoms with Crippen molar-refractivity contribution in [1.29, 1.82) is 0 Å². The van der Waals surface area contributed by atoms with E-state index in [1.807, 2.05) is 42.1 Å². The van der Waals surface area contributed by atoms with Gasteiger partial charge in [0.15, 0.2) is 0 Å². The summed E-state index contributed by atoms with van der Waals surface area (Å²) in [5.74, 6) is 1.76. The molecule has 0 saturated carbocycles. The lowest BCUT2D eigenvalue weighted by molar-refractivity contribution is 0.242. The number of rotatable bonds is 5. The van der Waals surface area contributed by atoms with Crippen molar-refractivity contribution >= 4 is 11.8 Å². The lowest BCUT2D eigenvalue weighted by Gasteiger charge is -2.34. The van der Waals surface area contributed by atoms with Gasteiger partial charge in [0.2, 0.25) is 5.95 Å². The van der Waals surface area contributed by atoms with Crippen LogP contribution in [0.15, 0.2) is 24.7 Å². The van der Waals surface area contributed by atoms with Crippen molar-refractivity contribution in [1.82, 2.24) is 29.9 Å². The molecule has 0 bridgehead atoms. The van der Waals surface area contributed by atoms with Crippen LogP contribution in [0.1, 0.15) is 0 Å². The molecule has 0 unspecified atom stereocenters. The minimum absolute atomic E-state index is 0.821. The molecule has 0 N–H and O–H groups in total. The maximum Gasteiger partial charge on any atom is 0.227 e. The van der Waals surface area contributed by atoms with Gasteiger partial charge in [-0.05, 0) is 6.07 Å². The maximum absolute atomic E-state index is 4.61. The molecule has 118 valence electrons. The molecule has 1 fully saturated rings. The van der Waals surface area contributed by atoms with Crippen LogP contribution in [0.3, 0.4) is 0 Å². The number of nitrogens with zero attached hydrogens (tertiary/aromatic N) is 8. The first-order chi connectivity index (χ1) is 10.7. The molecule has 2 aromatic rings. The Morgan fingerprint density at radius 2 is 1.91 bits per heavy atom. The third kappa shape index (κ3) is 3.51. The third-order valence-corrected chi connectivity index (χ3v) is 3.86. The monoisotopic (exact) mass is 302 g/mol. The molecule has 0 amide bonds. The number of piperazine rings is 1. The van der Waals surface area contributed by atoms with E-state index in [-0.39, 0.29) is 0 Å². The van der Waals surface area contributed by atoms with Gasteiger partial charge in [0.25, 0.3) is 0 Å². The standard InChI is InChI=1S/C14H22N8/c1-19(2)13-3-4-15-14(17-13)21-10-7-20(8-11-21)9-12-22-6-5-16-18-22/h3-6H,7-12H2,1-2H3. The largest absolute Gasteiger partial charge is 0.363 e. The first-order valence-corrected chi connectivity index (χ1v) is 7.54. The molecule has 22 heavy (non-hydrogen) atoms. The smallest absolute Gasteiger partial charge is 0.227 e. The van der Waals surface area contributed by atoms with E-state index in [1.54, 1.807) is 6.20 Å². The first-order valence-electron chi connectivity index (χ1n) is 7.54. The summed E-state index contributed by atoms with van der Waals surface area (Å²) >= 11 is 0. The fourth-order valence-corrected chi connectivity index (χ4v) is 2.51. The third-order valence-electron chi connectivity index (χ3n) is 3.86. The van der Waals surface area contributed by atoms with Crippen molar-refractivity contribution < 1.29 is 0 Å². The van der Waals surface area contributed by atoms with E-state index in [0.717, 1.165) is 51.0 Å². The van der Waals surface area contributed by atoms with E-state index in [2.05, 4.69) is 30.1 Å². The number of hydrogen-bond donors (Lipinski definition) is 0. The molecule has 1 saturated heterocycles. The maximum atomic E-state index is 4.61. The van der Waals surface area contributed by atoms with E-state index in [4.69, 9.17) is 0 Å². The zero-order valence-corrected chi connectivity index (χ0v) is 13.1. The lowest BCUT2D eigenvalue weighted by Crippen LogP contribution is -2.47. The molecule has 3 rings (SSSR count). The van der Waals surface area contributed by atoms with Gasteiger partial charge in [-0.15, -0.1) is 5.10 Å². The Hall–Kier alpha value is -2.22. The van der Waals surface area contributed by atoms with Crippen molar-refractivity contribution in [3.8, 4) is 0 Å². The highest BCUT2D eigenvalue weighted by Gasteiger charge is 2.19. The predicted molar refractivity (Wildman–Crippen MR) is 85.0 cm³/mol. The van der Waals surface area contributed by atoms with E-state index in [1.165, 1.54) is 0 Å². The summed E-state index contributed by atoms with van der Waals surface area (Å²) < 4.78 is 1.87. The second-order valence-electron chi connectivity index (χ2n) is 5.60. The summed E-state index contributed by atoms with van der Waals surface area (Å²) in [6, 6.07) is 1.93. The molecule has 0 spiro atoms. The molecule has 8 heteroatoms. The molecular weight excluding hydrogens is 280 g/mol. The average Bonchev–Trinajstić information content (AvgIpc) is 3.07. The van der Waals surface area contributed by atoms with Crippen LogP contribution in [0.2, 0.25) is 0 Å². The highest BCUT2D eigenvalue weighted by molar-refractivity contribution is 5.42. The van der Waals surface area contributed by atoms with E-state index >= 15 is 0 Å². The van der Waals surface area contributed by atoms with Crippen LogP contribution in [0.5, 0.6) is 0 Å². The Bertz CT molecular complexity index is 574.